The molecule has 0 amide bonds. The minimum atomic E-state index is -4.83. The van der Waals surface area contributed by atoms with Gasteiger partial charge in [-0.25, -0.2) is 13.6 Å². The van der Waals surface area contributed by atoms with Crippen LogP contribution < -0.4 is 5.14 Å². The van der Waals surface area contributed by atoms with Crippen LogP contribution in [0, 0.1) is 17.2 Å². The van der Waals surface area contributed by atoms with Gasteiger partial charge in [-0.15, -0.1) is 0 Å². The molecule has 2 aromatic rings. The Kier molecular flexibility index (Phi) is 4.26. The number of fused-ring (bicyclic) bond motifs is 5. The number of hydrogen-bond donors (Lipinski definition) is 3. The number of rotatable bonds is 3. The summed E-state index contributed by atoms with van der Waals surface area (Å²) in [5.41, 5.74) is -4.27. The van der Waals surface area contributed by atoms with E-state index < -0.39 is 62.0 Å². The summed E-state index contributed by atoms with van der Waals surface area (Å²) in [4.78, 5) is 0. The van der Waals surface area contributed by atoms with Crippen molar-refractivity contribution in [3.05, 3.63) is 40.5 Å². The molecule has 4 rings (SSSR count). The minimum Gasteiger partial charge on any atom is -0.494 e. The van der Waals surface area contributed by atoms with Crippen molar-refractivity contribution >= 4 is 10.0 Å². The Morgan fingerprint density at radius 3 is 2.45 bits per heavy atom. The molecule has 0 spiro atoms. The lowest BCUT2D eigenvalue weighted by Crippen LogP contribution is -2.35. The van der Waals surface area contributed by atoms with Gasteiger partial charge < -0.3 is 14.9 Å². The predicted molar refractivity (Wildman–Crippen MR) is 101 cm³/mol. The quantitative estimate of drug-likeness (QED) is 0.648. The number of sulfonamides is 1. The Bertz CT molecular complexity index is 1260. The number of aromatic nitrogens is 1. The van der Waals surface area contributed by atoms with Crippen LogP contribution in [0.25, 0.3) is 5.69 Å². The molecule has 0 aliphatic carbocycles. The van der Waals surface area contributed by atoms with Crippen LogP contribution in [0.2, 0.25) is 0 Å². The van der Waals surface area contributed by atoms with Crippen LogP contribution in [0.15, 0.2) is 18.2 Å². The molecular formula is C19H18F3N3O5S. The van der Waals surface area contributed by atoms with E-state index in [0.717, 1.165) is 16.7 Å². The number of nitrogens with zero attached hydrogens (tertiary/aromatic N) is 2. The molecule has 3 atom stereocenters. The van der Waals surface area contributed by atoms with E-state index in [1.165, 1.54) is 6.07 Å². The molecule has 12 heteroatoms. The lowest BCUT2D eigenvalue weighted by Gasteiger charge is -2.28. The maximum atomic E-state index is 13.4. The van der Waals surface area contributed by atoms with Gasteiger partial charge in [0, 0.05) is 5.92 Å². The Hall–Kier alpha value is -2.75. The Morgan fingerprint density at radius 1 is 1.29 bits per heavy atom. The molecule has 4 N–H and O–H groups in total. The second kappa shape index (κ2) is 6.15. The van der Waals surface area contributed by atoms with Crippen LogP contribution in [0.4, 0.5) is 13.2 Å². The van der Waals surface area contributed by atoms with Crippen molar-refractivity contribution in [2.45, 2.75) is 37.6 Å². The summed E-state index contributed by atoms with van der Waals surface area (Å²) < 4.78 is 70.3. The molecule has 1 aromatic heterocycles. The molecular weight excluding hydrogens is 439 g/mol. The summed E-state index contributed by atoms with van der Waals surface area (Å²) in [6.45, 7) is 3.15. The molecule has 2 bridgehead atoms. The number of aromatic hydroxyl groups is 2. The zero-order valence-electron chi connectivity index (χ0n) is 16.4. The fourth-order valence-corrected chi connectivity index (χ4v) is 5.93. The number of benzene rings is 1. The van der Waals surface area contributed by atoms with Crippen LogP contribution in [0.1, 0.15) is 42.5 Å². The van der Waals surface area contributed by atoms with Crippen molar-refractivity contribution < 1.29 is 36.5 Å². The van der Waals surface area contributed by atoms with E-state index in [2.05, 4.69) is 0 Å². The SMILES string of the molecule is CC12C[C@@H](CS(N)(=O)=O)C(C)(O1)c1c2c(O)n(-c2ccc(C#N)c(C(F)(F)F)c2)c1O. The summed E-state index contributed by atoms with van der Waals surface area (Å²) in [5, 5.41) is 35.9. The van der Waals surface area contributed by atoms with Crippen molar-refractivity contribution in [2.24, 2.45) is 11.1 Å². The van der Waals surface area contributed by atoms with E-state index >= 15 is 0 Å². The van der Waals surface area contributed by atoms with Crippen molar-refractivity contribution in [2.75, 3.05) is 5.75 Å². The highest BCUT2D eigenvalue weighted by Gasteiger charge is 2.64. The number of alkyl halides is 3. The van der Waals surface area contributed by atoms with Gasteiger partial charge in [0.1, 0.15) is 5.60 Å². The average Bonchev–Trinajstić information content (AvgIpc) is 3.13. The molecule has 0 radical (unpaired) electrons. The van der Waals surface area contributed by atoms with E-state index in [-0.39, 0.29) is 23.2 Å². The summed E-state index contributed by atoms with van der Waals surface area (Å²) in [6, 6.07) is 4.23. The molecule has 2 unspecified atom stereocenters. The normalized spacial score (nSPS) is 27.3. The molecule has 166 valence electrons. The second-order valence-corrected chi connectivity index (χ2v) is 9.90. The van der Waals surface area contributed by atoms with Crippen LogP contribution in [0.3, 0.4) is 0 Å². The van der Waals surface area contributed by atoms with E-state index in [0.29, 0.717) is 6.07 Å². The summed E-state index contributed by atoms with van der Waals surface area (Å²) in [6.07, 6.45) is -4.66. The third kappa shape index (κ3) is 2.99. The maximum absolute atomic E-state index is 13.4. The summed E-state index contributed by atoms with van der Waals surface area (Å²) in [5.74, 6) is -2.17. The number of primary sulfonamides is 1. The molecule has 2 aliphatic rings. The van der Waals surface area contributed by atoms with Gasteiger partial charge in [-0.1, -0.05) is 0 Å². The van der Waals surface area contributed by atoms with Gasteiger partial charge in [-0.3, -0.25) is 4.57 Å². The highest BCUT2D eigenvalue weighted by atomic mass is 32.2. The zero-order valence-corrected chi connectivity index (χ0v) is 17.2. The first kappa shape index (κ1) is 21.5. The van der Waals surface area contributed by atoms with Gasteiger partial charge >= 0.3 is 6.18 Å². The lowest BCUT2D eigenvalue weighted by atomic mass is 9.73. The van der Waals surface area contributed by atoms with Gasteiger partial charge in [-0.2, -0.15) is 18.4 Å². The molecule has 3 heterocycles. The number of ether oxygens (including phenoxy) is 1. The van der Waals surface area contributed by atoms with Gasteiger partial charge in [0.05, 0.1) is 45.4 Å². The second-order valence-electron chi connectivity index (χ2n) is 8.24. The molecule has 0 saturated carbocycles. The van der Waals surface area contributed by atoms with Gasteiger partial charge in [-0.05, 0) is 38.5 Å². The molecule has 1 saturated heterocycles. The monoisotopic (exact) mass is 457 g/mol. The summed E-state index contributed by atoms with van der Waals surface area (Å²) in [7, 11) is -3.88. The van der Waals surface area contributed by atoms with Gasteiger partial charge in [0.2, 0.25) is 21.8 Å². The number of nitriles is 1. The first-order chi connectivity index (χ1) is 14.1. The fraction of sp³-hybridized carbons (Fsp3) is 0.421. The highest BCUT2D eigenvalue weighted by molar-refractivity contribution is 7.89. The third-order valence-electron chi connectivity index (χ3n) is 6.12. The standard InChI is InChI=1S/C19H18F3N3O5S/c1-17-6-10(8-31(24,28)29)18(2,30-17)14-13(17)15(26)25(16(14)27)11-4-3-9(7-23)12(5-11)19(20,21)22/h3-5,10,26-27H,6,8H2,1-2H3,(H2,24,28,29)/t10-,17?,18?/m0/s1. The molecule has 8 nitrogen and oxygen atoms in total. The third-order valence-corrected chi connectivity index (χ3v) is 6.99. The Balaban J connectivity index is 1.92. The summed E-state index contributed by atoms with van der Waals surface area (Å²) >= 11 is 0. The maximum Gasteiger partial charge on any atom is 0.417 e. The van der Waals surface area contributed by atoms with E-state index in [4.69, 9.17) is 15.1 Å². The van der Waals surface area contributed by atoms with Crippen LogP contribution >= 0.6 is 0 Å². The molecule has 31 heavy (non-hydrogen) atoms. The lowest BCUT2D eigenvalue weighted by molar-refractivity contribution is -0.137. The molecule has 2 aliphatic heterocycles. The Labute approximate surface area is 175 Å². The highest BCUT2D eigenvalue weighted by Crippen LogP contribution is 2.66. The van der Waals surface area contributed by atoms with E-state index in [9.17, 15) is 31.8 Å². The smallest absolute Gasteiger partial charge is 0.417 e. The minimum absolute atomic E-state index is 0.102. The topological polar surface area (TPSA) is 139 Å². The van der Waals surface area contributed by atoms with Gasteiger partial charge in [0.25, 0.3) is 0 Å². The fourth-order valence-electron chi connectivity index (χ4n) is 4.93. The molecule has 1 fully saturated rings. The first-order valence-electron chi connectivity index (χ1n) is 9.12. The van der Waals surface area contributed by atoms with E-state index in [1.54, 1.807) is 13.8 Å². The van der Waals surface area contributed by atoms with Crippen LogP contribution in [-0.2, 0) is 32.1 Å². The number of hydrogen-bond acceptors (Lipinski definition) is 6. The molecule has 1 aromatic carbocycles. The van der Waals surface area contributed by atoms with Crippen molar-refractivity contribution in [3.63, 3.8) is 0 Å². The van der Waals surface area contributed by atoms with Crippen molar-refractivity contribution in [3.8, 4) is 23.5 Å². The largest absolute Gasteiger partial charge is 0.494 e. The predicted octanol–water partition coefficient (Wildman–Crippen LogP) is 2.55. The van der Waals surface area contributed by atoms with Gasteiger partial charge in [0.15, 0.2) is 0 Å². The van der Waals surface area contributed by atoms with Crippen molar-refractivity contribution in [1.29, 1.82) is 5.26 Å². The Morgan fingerprint density at radius 2 is 1.90 bits per heavy atom. The zero-order chi connectivity index (χ0) is 23.1. The number of nitrogens with two attached hydrogens (primary N) is 1. The van der Waals surface area contributed by atoms with Crippen LogP contribution in [-0.4, -0.2) is 29.0 Å². The first-order valence-corrected chi connectivity index (χ1v) is 10.8. The van der Waals surface area contributed by atoms with E-state index in [1.807, 2.05) is 0 Å². The van der Waals surface area contributed by atoms with Crippen molar-refractivity contribution in [1.82, 2.24) is 4.57 Å². The number of halogens is 3. The van der Waals surface area contributed by atoms with Crippen LogP contribution in [0.5, 0.6) is 11.8 Å². The average molecular weight is 457 g/mol.